The van der Waals surface area contributed by atoms with Crippen LogP contribution in [0.15, 0.2) is 77.7 Å². The van der Waals surface area contributed by atoms with E-state index >= 15 is 0 Å². The number of carbonyl (C=O) groups is 2. The zero-order chi connectivity index (χ0) is 31.4. The Kier molecular flexibility index (Phi) is 12.2. The Balaban J connectivity index is 2.08. The lowest BCUT2D eigenvalue weighted by Crippen LogP contribution is -2.52. The van der Waals surface area contributed by atoms with Gasteiger partial charge in [0.1, 0.15) is 29.8 Å². The monoisotopic (exact) mass is 611 g/mol. The molecule has 0 aromatic heterocycles. The molecule has 11 heteroatoms. The second kappa shape index (κ2) is 15.8. The van der Waals surface area contributed by atoms with Crippen LogP contribution in [0, 0.1) is 0 Å². The molecule has 0 radical (unpaired) electrons. The molecule has 0 fully saturated rings. The summed E-state index contributed by atoms with van der Waals surface area (Å²) in [6.45, 7) is 3.82. The SMILES string of the molecule is CCCCNC(=O)C(CC)N(Cc1cccc(OC)c1)C(=O)CN(c1ccccc1OC)S(=O)(=O)c1ccc(OC)cc1. The van der Waals surface area contributed by atoms with Crippen molar-refractivity contribution in [3.63, 3.8) is 0 Å². The van der Waals surface area contributed by atoms with Crippen molar-refractivity contribution in [1.82, 2.24) is 10.2 Å². The van der Waals surface area contributed by atoms with Gasteiger partial charge in [-0.3, -0.25) is 13.9 Å². The van der Waals surface area contributed by atoms with Crippen LogP contribution in [0.1, 0.15) is 38.7 Å². The van der Waals surface area contributed by atoms with E-state index in [1.165, 1.54) is 43.4 Å². The Hall–Kier alpha value is -4.25. The van der Waals surface area contributed by atoms with Gasteiger partial charge in [-0.1, -0.05) is 44.5 Å². The molecular formula is C32H41N3O7S. The van der Waals surface area contributed by atoms with E-state index in [0.717, 1.165) is 22.7 Å². The molecule has 232 valence electrons. The largest absolute Gasteiger partial charge is 0.497 e. The average Bonchev–Trinajstić information content (AvgIpc) is 3.03. The lowest BCUT2D eigenvalue weighted by molar-refractivity contribution is -0.140. The minimum atomic E-state index is -4.26. The van der Waals surface area contributed by atoms with Crippen LogP contribution in [0.4, 0.5) is 5.69 Å². The van der Waals surface area contributed by atoms with E-state index in [1.54, 1.807) is 49.6 Å². The predicted octanol–water partition coefficient (Wildman–Crippen LogP) is 4.63. The molecular weight excluding hydrogens is 570 g/mol. The van der Waals surface area contributed by atoms with Gasteiger partial charge in [0.05, 0.1) is 31.9 Å². The molecule has 0 aliphatic rings. The summed E-state index contributed by atoms with van der Waals surface area (Å²) in [7, 11) is 0.206. The third-order valence-corrected chi connectivity index (χ3v) is 8.76. The first kappa shape index (κ1) is 33.3. The first-order valence-corrected chi connectivity index (χ1v) is 15.6. The second-order valence-corrected chi connectivity index (χ2v) is 11.7. The van der Waals surface area contributed by atoms with Gasteiger partial charge in [0.15, 0.2) is 0 Å². The number of ether oxygens (including phenoxy) is 3. The maximum absolute atomic E-state index is 14.2. The molecule has 0 aliphatic carbocycles. The zero-order valence-electron chi connectivity index (χ0n) is 25.4. The Morgan fingerprint density at radius 2 is 1.56 bits per heavy atom. The third-order valence-electron chi connectivity index (χ3n) is 6.98. The van der Waals surface area contributed by atoms with Crippen LogP contribution in [-0.2, 0) is 26.2 Å². The molecule has 0 heterocycles. The van der Waals surface area contributed by atoms with Crippen LogP contribution in [0.5, 0.6) is 17.2 Å². The van der Waals surface area contributed by atoms with Crippen LogP contribution >= 0.6 is 0 Å². The van der Waals surface area contributed by atoms with E-state index in [-0.39, 0.29) is 28.8 Å². The standard InChI is InChI=1S/C32H41N3O7S/c1-6-8-20-33-32(37)28(7-2)34(22-24-12-11-13-26(21-24)41-4)31(36)23-35(29-14-9-10-15-30(29)42-5)43(38,39)27-18-16-25(40-3)17-19-27/h9-19,21,28H,6-8,20,22-23H2,1-5H3,(H,33,37). The molecule has 43 heavy (non-hydrogen) atoms. The van der Waals surface area contributed by atoms with Crippen molar-refractivity contribution < 1.29 is 32.2 Å². The minimum absolute atomic E-state index is 0.0318. The van der Waals surface area contributed by atoms with Gasteiger partial charge in [0.2, 0.25) is 11.8 Å². The van der Waals surface area contributed by atoms with E-state index in [2.05, 4.69) is 5.32 Å². The fourth-order valence-corrected chi connectivity index (χ4v) is 6.04. The summed E-state index contributed by atoms with van der Waals surface area (Å²) in [5.74, 6) is 0.514. The summed E-state index contributed by atoms with van der Waals surface area (Å²) in [5, 5.41) is 2.93. The lowest BCUT2D eigenvalue weighted by Gasteiger charge is -2.33. The highest BCUT2D eigenvalue weighted by molar-refractivity contribution is 7.92. The van der Waals surface area contributed by atoms with E-state index in [1.807, 2.05) is 19.9 Å². The molecule has 10 nitrogen and oxygen atoms in total. The van der Waals surface area contributed by atoms with Crippen molar-refractivity contribution in [2.75, 3.05) is 38.7 Å². The first-order valence-electron chi connectivity index (χ1n) is 14.2. The van der Waals surface area contributed by atoms with Crippen LogP contribution < -0.4 is 23.8 Å². The molecule has 0 saturated heterocycles. The number of anilines is 1. The minimum Gasteiger partial charge on any atom is -0.497 e. The first-order chi connectivity index (χ1) is 20.7. The molecule has 3 aromatic rings. The maximum atomic E-state index is 14.2. The van der Waals surface area contributed by atoms with Gasteiger partial charge >= 0.3 is 0 Å². The molecule has 0 spiro atoms. The number of hydrogen-bond donors (Lipinski definition) is 1. The van der Waals surface area contributed by atoms with Gasteiger partial charge in [-0.2, -0.15) is 0 Å². The summed E-state index contributed by atoms with van der Waals surface area (Å²) < 4.78 is 45.3. The lowest BCUT2D eigenvalue weighted by atomic mass is 10.1. The molecule has 2 amide bonds. The van der Waals surface area contributed by atoms with E-state index < -0.39 is 28.5 Å². The summed E-state index contributed by atoms with van der Waals surface area (Å²) in [6.07, 6.45) is 2.03. The van der Waals surface area contributed by atoms with E-state index in [0.29, 0.717) is 24.5 Å². The van der Waals surface area contributed by atoms with Gasteiger partial charge in [-0.05, 0) is 66.9 Å². The number of carbonyl (C=O) groups excluding carboxylic acids is 2. The van der Waals surface area contributed by atoms with Crippen LogP contribution in [0.3, 0.4) is 0 Å². The average molecular weight is 612 g/mol. The number of hydrogen-bond acceptors (Lipinski definition) is 7. The number of nitrogens with zero attached hydrogens (tertiary/aromatic N) is 2. The Morgan fingerprint density at radius 3 is 2.19 bits per heavy atom. The normalized spacial score (nSPS) is 11.7. The summed E-state index contributed by atoms with van der Waals surface area (Å²) in [4.78, 5) is 29.0. The molecule has 1 unspecified atom stereocenters. The van der Waals surface area contributed by atoms with Gasteiger partial charge in [-0.25, -0.2) is 8.42 Å². The second-order valence-electron chi connectivity index (χ2n) is 9.80. The van der Waals surface area contributed by atoms with Gasteiger partial charge < -0.3 is 24.4 Å². The fraction of sp³-hybridized carbons (Fsp3) is 0.375. The number of benzene rings is 3. The Bertz CT molecular complexity index is 1460. The molecule has 1 atom stereocenters. The van der Waals surface area contributed by atoms with Crippen LogP contribution in [0.25, 0.3) is 0 Å². The Morgan fingerprint density at radius 1 is 0.860 bits per heavy atom. The fourth-order valence-electron chi connectivity index (χ4n) is 4.62. The van der Waals surface area contributed by atoms with E-state index in [4.69, 9.17) is 14.2 Å². The molecule has 0 bridgehead atoms. The van der Waals surface area contributed by atoms with Crippen molar-refractivity contribution in [3.8, 4) is 17.2 Å². The number of sulfonamides is 1. The van der Waals surface area contributed by atoms with Crippen molar-refractivity contribution in [2.45, 2.75) is 50.6 Å². The highest BCUT2D eigenvalue weighted by Gasteiger charge is 2.34. The number of para-hydroxylation sites is 2. The summed E-state index contributed by atoms with van der Waals surface area (Å²) in [6, 6.07) is 18.9. The Labute approximate surface area is 254 Å². The smallest absolute Gasteiger partial charge is 0.264 e. The number of methoxy groups -OCH3 is 3. The molecule has 0 aliphatic heterocycles. The molecule has 3 rings (SSSR count). The molecule has 3 aromatic carbocycles. The number of rotatable bonds is 16. The van der Waals surface area contributed by atoms with Crippen molar-refractivity contribution in [2.24, 2.45) is 0 Å². The zero-order valence-corrected chi connectivity index (χ0v) is 26.2. The van der Waals surface area contributed by atoms with E-state index in [9.17, 15) is 18.0 Å². The summed E-state index contributed by atoms with van der Waals surface area (Å²) in [5.41, 5.74) is 0.922. The third kappa shape index (κ3) is 8.41. The molecule has 0 saturated carbocycles. The van der Waals surface area contributed by atoms with Gasteiger partial charge in [0, 0.05) is 13.1 Å². The van der Waals surface area contributed by atoms with Crippen LogP contribution in [0.2, 0.25) is 0 Å². The number of unbranched alkanes of at least 4 members (excludes halogenated alkanes) is 1. The number of amides is 2. The highest BCUT2D eigenvalue weighted by atomic mass is 32.2. The van der Waals surface area contributed by atoms with Crippen LogP contribution in [-0.4, -0.2) is 65.6 Å². The molecule has 1 N–H and O–H groups in total. The highest BCUT2D eigenvalue weighted by Crippen LogP contribution is 2.33. The number of nitrogens with one attached hydrogen (secondary N) is 1. The topological polar surface area (TPSA) is 114 Å². The maximum Gasteiger partial charge on any atom is 0.264 e. The van der Waals surface area contributed by atoms with Gasteiger partial charge in [0.25, 0.3) is 10.0 Å². The van der Waals surface area contributed by atoms with Crippen molar-refractivity contribution in [1.29, 1.82) is 0 Å². The predicted molar refractivity (Wildman–Crippen MR) is 166 cm³/mol. The quantitative estimate of drug-likeness (QED) is 0.235. The van der Waals surface area contributed by atoms with Gasteiger partial charge in [-0.15, -0.1) is 0 Å². The van der Waals surface area contributed by atoms with Crippen molar-refractivity contribution in [3.05, 3.63) is 78.4 Å². The summed E-state index contributed by atoms with van der Waals surface area (Å²) >= 11 is 0. The van der Waals surface area contributed by atoms with Crippen molar-refractivity contribution >= 4 is 27.5 Å².